The molecule has 0 aromatic carbocycles. The van der Waals surface area contributed by atoms with E-state index < -0.39 is 23.9 Å². The number of methoxy groups -OCH3 is 1. The normalized spacial score (nSPS) is 11.6. The van der Waals surface area contributed by atoms with Crippen LogP contribution in [0.15, 0.2) is 5.38 Å². The van der Waals surface area contributed by atoms with Crippen molar-refractivity contribution in [2.75, 3.05) is 7.11 Å². The number of rotatable bonds is 6. The molecule has 1 heterocycles. The monoisotopic (exact) mass is 273 g/mol. The summed E-state index contributed by atoms with van der Waals surface area (Å²) in [5, 5.41) is 16.1. The van der Waals surface area contributed by atoms with Gasteiger partial charge in [0, 0.05) is 11.8 Å². The summed E-state index contributed by atoms with van der Waals surface area (Å²) >= 11 is 0.982. The molecule has 98 valence electrons. The number of carboxylic acids is 1. The highest BCUT2D eigenvalue weighted by atomic mass is 32.1. The lowest BCUT2D eigenvalue weighted by Crippen LogP contribution is -2.41. The number of esters is 1. The number of aromatic nitrogens is 2. The first-order chi connectivity index (χ1) is 8.54. The van der Waals surface area contributed by atoms with E-state index in [2.05, 4.69) is 19.6 Å². The van der Waals surface area contributed by atoms with E-state index in [1.807, 2.05) is 0 Å². The van der Waals surface area contributed by atoms with Crippen molar-refractivity contribution in [3.8, 4) is 0 Å². The molecular formula is C9H11N3O5S. The van der Waals surface area contributed by atoms with E-state index in [1.54, 1.807) is 0 Å². The number of carbonyl (C=O) groups is 3. The molecule has 1 aromatic rings. The predicted molar refractivity (Wildman–Crippen MR) is 60.0 cm³/mol. The highest BCUT2D eigenvalue weighted by molar-refractivity contribution is 7.03. The Labute approximate surface area is 106 Å². The van der Waals surface area contributed by atoms with Crippen LogP contribution in [0.1, 0.15) is 23.3 Å². The van der Waals surface area contributed by atoms with Crippen molar-refractivity contribution in [1.82, 2.24) is 14.9 Å². The van der Waals surface area contributed by atoms with Gasteiger partial charge in [-0.2, -0.15) is 0 Å². The van der Waals surface area contributed by atoms with E-state index in [0.29, 0.717) is 0 Å². The first-order valence-corrected chi connectivity index (χ1v) is 5.75. The van der Waals surface area contributed by atoms with Gasteiger partial charge in [-0.3, -0.25) is 9.59 Å². The lowest BCUT2D eigenvalue weighted by molar-refractivity contribution is -0.142. The topological polar surface area (TPSA) is 118 Å². The standard InChI is InChI=1S/C9H11N3O5S/c1-17-7(13)3-2-5(9(15)16)10-8(14)6-4-18-12-11-6/h4-5H,2-3H2,1H3,(H,10,14)(H,15,16). The lowest BCUT2D eigenvalue weighted by atomic mass is 10.1. The summed E-state index contributed by atoms with van der Waals surface area (Å²) in [5.74, 6) is -2.40. The van der Waals surface area contributed by atoms with Gasteiger partial charge in [-0.15, -0.1) is 5.10 Å². The van der Waals surface area contributed by atoms with Crippen LogP contribution in [-0.4, -0.2) is 45.7 Å². The Hall–Kier alpha value is -2.03. The summed E-state index contributed by atoms with van der Waals surface area (Å²) in [6.45, 7) is 0. The smallest absolute Gasteiger partial charge is 0.326 e. The molecule has 8 nitrogen and oxygen atoms in total. The van der Waals surface area contributed by atoms with Crippen LogP contribution in [0.3, 0.4) is 0 Å². The second-order valence-electron chi connectivity index (χ2n) is 3.27. The first-order valence-electron chi connectivity index (χ1n) is 4.92. The number of aliphatic carboxylic acids is 1. The number of carbonyl (C=O) groups excluding carboxylic acids is 2. The molecule has 2 N–H and O–H groups in total. The fourth-order valence-electron chi connectivity index (χ4n) is 1.12. The van der Waals surface area contributed by atoms with Crippen molar-refractivity contribution in [2.24, 2.45) is 0 Å². The Morgan fingerprint density at radius 1 is 1.56 bits per heavy atom. The Balaban J connectivity index is 2.55. The van der Waals surface area contributed by atoms with Crippen LogP contribution in [0, 0.1) is 0 Å². The SMILES string of the molecule is COC(=O)CCC(NC(=O)c1csnn1)C(=O)O. The van der Waals surface area contributed by atoms with Gasteiger partial charge in [-0.25, -0.2) is 4.79 Å². The Morgan fingerprint density at radius 3 is 2.78 bits per heavy atom. The molecular weight excluding hydrogens is 262 g/mol. The summed E-state index contributed by atoms with van der Waals surface area (Å²) in [6.07, 6.45) is -0.144. The molecule has 0 saturated carbocycles. The summed E-state index contributed by atoms with van der Waals surface area (Å²) in [6, 6.07) is -1.17. The van der Waals surface area contributed by atoms with Crippen molar-refractivity contribution in [1.29, 1.82) is 0 Å². The molecule has 1 aromatic heterocycles. The molecule has 0 radical (unpaired) electrons. The number of carboxylic acid groups (broad SMARTS) is 1. The first kappa shape index (κ1) is 14.0. The van der Waals surface area contributed by atoms with E-state index in [0.717, 1.165) is 11.5 Å². The molecule has 0 aliphatic carbocycles. The van der Waals surface area contributed by atoms with Gasteiger partial charge in [-0.1, -0.05) is 4.49 Å². The molecule has 0 bridgehead atoms. The summed E-state index contributed by atoms with van der Waals surface area (Å²) in [4.78, 5) is 33.4. The van der Waals surface area contributed by atoms with Gasteiger partial charge in [0.15, 0.2) is 5.69 Å². The molecule has 0 saturated heterocycles. The average molecular weight is 273 g/mol. The second-order valence-corrected chi connectivity index (χ2v) is 3.88. The molecule has 0 fully saturated rings. The number of nitrogens with one attached hydrogen (secondary N) is 1. The highest BCUT2D eigenvalue weighted by Crippen LogP contribution is 2.03. The van der Waals surface area contributed by atoms with E-state index in [4.69, 9.17) is 5.11 Å². The van der Waals surface area contributed by atoms with Gasteiger partial charge < -0.3 is 15.2 Å². The minimum Gasteiger partial charge on any atom is -0.480 e. The Kier molecular flexibility index (Phi) is 5.18. The van der Waals surface area contributed by atoms with Gasteiger partial charge in [0.25, 0.3) is 5.91 Å². The van der Waals surface area contributed by atoms with Crippen LogP contribution in [0.4, 0.5) is 0 Å². The van der Waals surface area contributed by atoms with Crippen LogP contribution in [0.5, 0.6) is 0 Å². The molecule has 18 heavy (non-hydrogen) atoms. The number of amides is 1. The summed E-state index contributed by atoms with van der Waals surface area (Å²) in [5.41, 5.74) is 0.0457. The number of hydrogen-bond donors (Lipinski definition) is 2. The van der Waals surface area contributed by atoms with Crippen LogP contribution in [-0.2, 0) is 14.3 Å². The largest absolute Gasteiger partial charge is 0.480 e. The molecule has 1 atom stereocenters. The van der Waals surface area contributed by atoms with Crippen LogP contribution < -0.4 is 5.32 Å². The van der Waals surface area contributed by atoms with Crippen molar-refractivity contribution >= 4 is 29.4 Å². The Morgan fingerprint density at radius 2 is 2.28 bits per heavy atom. The van der Waals surface area contributed by atoms with Gasteiger partial charge in [0.1, 0.15) is 6.04 Å². The third-order valence-electron chi connectivity index (χ3n) is 2.06. The van der Waals surface area contributed by atoms with Gasteiger partial charge in [0.2, 0.25) is 0 Å². The molecule has 0 spiro atoms. The predicted octanol–water partition coefficient (Wildman–Crippen LogP) is -0.326. The molecule has 0 aliphatic heterocycles. The van der Waals surface area contributed by atoms with Crippen LogP contribution >= 0.6 is 11.5 Å². The van der Waals surface area contributed by atoms with Gasteiger partial charge in [0.05, 0.1) is 7.11 Å². The fourth-order valence-corrected chi connectivity index (χ4v) is 1.55. The third-order valence-corrected chi connectivity index (χ3v) is 2.57. The maximum atomic E-state index is 11.5. The zero-order chi connectivity index (χ0) is 13.5. The number of ether oxygens (including phenoxy) is 1. The second kappa shape index (κ2) is 6.64. The van der Waals surface area contributed by atoms with Crippen molar-refractivity contribution < 1.29 is 24.2 Å². The maximum absolute atomic E-state index is 11.5. The van der Waals surface area contributed by atoms with Crippen molar-refractivity contribution in [2.45, 2.75) is 18.9 Å². The van der Waals surface area contributed by atoms with E-state index in [-0.39, 0.29) is 18.5 Å². The summed E-state index contributed by atoms with van der Waals surface area (Å²) in [7, 11) is 1.21. The lowest BCUT2D eigenvalue weighted by Gasteiger charge is -2.12. The minimum absolute atomic E-state index is 0.0457. The number of nitrogens with zero attached hydrogens (tertiary/aromatic N) is 2. The third kappa shape index (κ3) is 4.09. The quantitative estimate of drug-likeness (QED) is 0.681. The number of hydrogen-bond acceptors (Lipinski definition) is 7. The zero-order valence-corrected chi connectivity index (χ0v) is 10.3. The molecule has 9 heteroatoms. The highest BCUT2D eigenvalue weighted by Gasteiger charge is 2.22. The molecule has 1 unspecified atom stereocenters. The fraction of sp³-hybridized carbons (Fsp3) is 0.444. The van der Waals surface area contributed by atoms with Crippen molar-refractivity contribution in [3.05, 3.63) is 11.1 Å². The zero-order valence-electron chi connectivity index (χ0n) is 9.45. The molecule has 1 rings (SSSR count). The Bertz CT molecular complexity index is 433. The summed E-state index contributed by atoms with van der Waals surface area (Å²) < 4.78 is 7.88. The van der Waals surface area contributed by atoms with E-state index >= 15 is 0 Å². The molecule has 0 aliphatic rings. The minimum atomic E-state index is -1.23. The van der Waals surface area contributed by atoms with Gasteiger partial charge >= 0.3 is 11.9 Å². The maximum Gasteiger partial charge on any atom is 0.326 e. The van der Waals surface area contributed by atoms with Crippen LogP contribution in [0.2, 0.25) is 0 Å². The van der Waals surface area contributed by atoms with Crippen LogP contribution in [0.25, 0.3) is 0 Å². The molecule has 1 amide bonds. The van der Waals surface area contributed by atoms with E-state index in [9.17, 15) is 14.4 Å². The van der Waals surface area contributed by atoms with E-state index in [1.165, 1.54) is 12.5 Å². The average Bonchev–Trinajstić information content (AvgIpc) is 2.87. The van der Waals surface area contributed by atoms with Crippen molar-refractivity contribution in [3.63, 3.8) is 0 Å². The van der Waals surface area contributed by atoms with Gasteiger partial charge in [-0.05, 0) is 18.0 Å².